The van der Waals surface area contributed by atoms with Crippen molar-refractivity contribution in [2.24, 2.45) is 0 Å². The second-order valence-electron chi connectivity index (χ2n) is 8.28. The molecule has 3 saturated heterocycles. The standard InChI is InChI=1S/C23H24N2O3/c26-21-10-11-22(27)25(21)19-13-17-8-9-18(14-19)24(17)23(28)12-16-6-3-5-15-4-1-2-7-20(15)16/h1-7,17-19H,8-14H2. The summed E-state index contributed by atoms with van der Waals surface area (Å²) in [6, 6.07) is 14.6. The van der Waals surface area contributed by atoms with Crippen molar-refractivity contribution in [2.45, 2.75) is 63.1 Å². The number of nitrogens with zero attached hydrogens (tertiary/aromatic N) is 2. The lowest BCUT2D eigenvalue weighted by Crippen LogP contribution is -2.54. The van der Waals surface area contributed by atoms with E-state index in [1.165, 1.54) is 4.90 Å². The van der Waals surface area contributed by atoms with Gasteiger partial charge in [-0.2, -0.15) is 0 Å². The molecule has 144 valence electrons. The maximum atomic E-state index is 13.2. The van der Waals surface area contributed by atoms with Crippen LogP contribution < -0.4 is 0 Å². The molecule has 2 aromatic carbocycles. The summed E-state index contributed by atoms with van der Waals surface area (Å²) >= 11 is 0. The van der Waals surface area contributed by atoms with Gasteiger partial charge >= 0.3 is 0 Å². The molecule has 0 saturated carbocycles. The summed E-state index contributed by atoms with van der Waals surface area (Å²) in [5, 5.41) is 2.29. The SMILES string of the molecule is O=C1CCC(=O)N1C1CC2CCC(C1)N2C(=O)Cc1cccc2ccccc12. The monoisotopic (exact) mass is 376 g/mol. The van der Waals surface area contributed by atoms with Crippen LogP contribution in [0, 0.1) is 0 Å². The Morgan fingerprint density at radius 3 is 2.21 bits per heavy atom. The molecule has 0 aliphatic carbocycles. The Morgan fingerprint density at radius 2 is 1.50 bits per heavy atom. The molecule has 3 heterocycles. The van der Waals surface area contributed by atoms with Crippen LogP contribution in [-0.4, -0.2) is 45.6 Å². The van der Waals surface area contributed by atoms with Gasteiger partial charge in [-0.3, -0.25) is 19.3 Å². The zero-order valence-corrected chi connectivity index (χ0v) is 15.8. The van der Waals surface area contributed by atoms with Crippen molar-refractivity contribution in [1.29, 1.82) is 0 Å². The van der Waals surface area contributed by atoms with E-state index >= 15 is 0 Å². The van der Waals surface area contributed by atoms with Crippen LogP contribution in [0.4, 0.5) is 0 Å². The molecule has 3 aliphatic rings. The van der Waals surface area contributed by atoms with Gasteiger partial charge in [0.05, 0.1) is 6.42 Å². The van der Waals surface area contributed by atoms with Gasteiger partial charge in [0, 0.05) is 31.0 Å². The van der Waals surface area contributed by atoms with Crippen molar-refractivity contribution in [2.75, 3.05) is 0 Å². The first-order valence-electron chi connectivity index (χ1n) is 10.2. The van der Waals surface area contributed by atoms with Gasteiger partial charge in [-0.05, 0) is 42.0 Å². The molecule has 2 bridgehead atoms. The van der Waals surface area contributed by atoms with Crippen LogP contribution in [0.5, 0.6) is 0 Å². The molecule has 0 aromatic heterocycles. The average molecular weight is 376 g/mol. The van der Waals surface area contributed by atoms with Gasteiger partial charge in [-0.25, -0.2) is 0 Å². The van der Waals surface area contributed by atoms with Gasteiger partial charge in [0.25, 0.3) is 0 Å². The molecule has 0 radical (unpaired) electrons. The van der Waals surface area contributed by atoms with Crippen LogP contribution in [0.3, 0.4) is 0 Å². The van der Waals surface area contributed by atoms with Gasteiger partial charge in [0.2, 0.25) is 17.7 Å². The van der Waals surface area contributed by atoms with Crippen molar-refractivity contribution in [1.82, 2.24) is 9.80 Å². The van der Waals surface area contributed by atoms with Gasteiger partial charge in [-0.1, -0.05) is 42.5 Å². The van der Waals surface area contributed by atoms with Crippen LogP contribution in [0.25, 0.3) is 10.8 Å². The van der Waals surface area contributed by atoms with Crippen molar-refractivity contribution in [3.63, 3.8) is 0 Å². The summed E-state index contributed by atoms with van der Waals surface area (Å²) in [7, 11) is 0. The van der Waals surface area contributed by atoms with E-state index in [0.717, 1.165) is 42.0 Å². The third-order valence-electron chi connectivity index (χ3n) is 6.67. The van der Waals surface area contributed by atoms with E-state index in [1.807, 2.05) is 24.3 Å². The number of carbonyl (C=O) groups is 3. The van der Waals surface area contributed by atoms with E-state index in [4.69, 9.17) is 0 Å². The number of benzene rings is 2. The predicted octanol–water partition coefficient (Wildman–Crippen LogP) is 3.05. The highest BCUT2D eigenvalue weighted by Gasteiger charge is 2.47. The first-order valence-corrected chi connectivity index (χ1v) is 10.2. The molecular formula is C23H24N2O3. The Kier molecular flexibility index (Phi) is 4.18. The number of imide groups is 1. The summed E-state index contributed by atoms with van der Waals surface area (Å²) in [5.74, 6) is 0.0937. The van der Waals surface area contributed by atoms with E-state index in [1.54, 1.807) is 0 Å². The average Bonchev–Trinajstić information content (AvgIpc) is 3.17. The van der Waals surface area contributed by atoms with Crippen LogP contribution >= 0.6 is 0 Å². The molecule has 5 heteroatoms. The first kappa shape index (κ1) is 17.4. The van der Waals surface area contributed by atoms with Crippen molar-refractivity contribution in [3.05, 3.63) is 48.0 Å². The van der Waals surface area contributed by atoms with E-state index in [-0.39, 0.29) is 35.8 Å². The molecule has 3 aliphatic heterocycles. The van der Waals surface area contributed by atoms with E-state index in [9.17, 15) is 14.4 Å². The highest BCUT2D eigenvalue weighted by atomic mass is 16.2. The van der Waals surface area contributed by atoms with E-state index < -0.39 is 0 Å². The topological polar surface area (TPSA) is 57.7 Å². The summed E-state index contributed by atoms with van der Waals surface area (Å²) in [6.45, 7) is 0. The lowest BCUT2D eigenvalue weighted by Gasteiger charge is -2.41. The normalized spacial score (nSPS) is 27.1. The van der Waals surface area contributed by atoms with Gasteiger partial charge in [0.15, 0.2) is 0 Å². The lowest BCUT2D eigenvalue weighted by atomic mass is 9.94. The first-order chi connectivity index (χ1) is 13.6. The Labute approximate surface area is 164 Å². The molecule has 3 amide bonds. The Morgan fingerprint density at radius 1 is 0.857 bits per heavy atom. The predicted molar refractivity (Wildman–Crippen MR) is 105 cm³/mol. The largest absolute Gasteiger partial charge is 0.336 e. The summed E-state index contributed by atoms with van der Waals surface area (Å²) < 4.78 is 0. The van der Waals surface area contributed by atoms with Crippen molar-refractivity contribution < 1.29 is 14.4 Å². The van der Waals surface area contributed by atoms with Gasteiger partial charge < -0.3 is 4.90 Å². The highest BCUT2D eigenvalue weighted by Crippen LogP contribution is 2.39. The molecule has 0 spiro atoms. The third kappa shape index (κ3) is 2.81. The number of piperidine rings is 1. The number of rotatable bonds is 3. The van der Waals surface area contributed by atoms with E-state index in [0.29, 0.717) is 19.3 Å². The lowest BCUT2D eigenvalue weighted by molar-refractivity contribution is -0.144. The summed E-state index contributed by atoms with van der Waals surface area (Å²) in [5.41, 5.74) is 1.06. The molecule has 0 N–H and O–H groups in total. The number of amides is 3. The minimum absolute atomic E-state index is 0.0263. The van der Waals surface area contributed by atoms with E-state index in [2.05, 4.69) is 23.1 Å². The second kappa shape index (κ2) is 6.73. The molecular weight excluding hydrogens is 352 g/mol. The smallest absolute Gasteiger partial charge is 0.229 e. The minimum Gasteiger partial charge on any atom is -0.336 e. The minimum atomic E-state index is -0.0371. The maximum absolute atomic E-state index is 13.2. The number of likely N-dealkylation sites (tertiary alicyclic amines) is 1. The molecule has 3 fully saturated rings. The van der Waals surface area contributed by atoms with Crippen LogP contribution in [0.15, 0.2) is 42.5 Å². The van der Waals surface area contributed by atoms with Crippen LogP contribution in [-0.2, 0) is 20.8 Å². The molecule has 2 atom stereocenters. The number of hydrogen-bond acceptors (Lipinski definition) is 3. The summed E-state index contributed by atoms with van der Waals surface area (Å²) in [4.78, 5) is 41.0. The quantitative estimate of drug-likeness (QED) is 0.774. The highest BCUT2D eigenvalue weighted by molar-refractivity contribution is 6.02. The molecule has 5 rings (SSSR count). The van der Waals surface area contributed by atoms with Crippen molar-refractivity contribution >= 4 is 28.5 Å². The van der Waals surface area contributed by atoms with Crippen molar-refractivity contribution in [3.8, 4) is 0 Å². The third-order valence-corrected chi connectivity index (χ3v) is 6.67. The number of fused-ring (bicyclic) bond motifs is 3. The summed E-state index contributed by atoms with van der Waals surface area (Å²) in [6.07, 6.45) is 4.49. The zero-order chi connectivity index (χ0) is 19.3. The van der Waals surface area contributed by atoms with Gasteiger partial charge in [-0.15, -0.1) is 0 Å². The maximum Gasteiger partial charge on any atom is 0.229 e. The van der Waals surface area contributed by atoms with Crippen LogP contribution in [0.1, 0.15) is 44.1 Å². The fourth-order valence-electron chi connectivity index (χ4n) is 5.47. The molecule has 2 unspecified atom stereocenters. The Hall–Kier alpha value is -2.69. The second-order valence-corrected chi connectivity index (χ2v) is 8.28. The Bertz CT molecular complexity index is 934. The molecule has 2 aromatic rings. The Balaban J connectivity index is 1.34. The molecule has 5 nitrogen and oxygen atoms in total. The fourth-order valence-corrected chi connectivity index (χ4v) is 5.47. The number of carbonyl (C=O) groups excluding carboxylic acids is 3. The van der Waals surface area contributed by atoms with Crippen LogP contribution in [0.2, 0.25) is 0 Å². The zero-order valence-electron chi connectivity index (χ0n) is 15.8. The van der Waals surface area contributed by atoms with Gasteiger partial charge in [0.1, 0.15) is 0 Å². The fraction of sp³-hybridized carbons (Fsp3) is 0.435. The molecule has 28 heavy (non-hydrogen) atoms. The number of hydrogen-bond donors (Lipinski definition) is 0.